The molecule has 158 valence electrons. The minimum absolute atomic E-state index is 0.00663. The van der Waals surface area contributed by atoms with Crippen molar-refractivity contribution in [2.45, 2.75) is 76.5 Å². The van der Waals surface area contributed by atoms with E-state index in [2.05, 4.69) is 0 Å². The van der Waals surface area contributed by atoms with Crippen LogP contribution in [0.25, 0.3) is 0 Å². The van der Waals surface area contributed by atoms with E-state index in [1.807, 2.05) is 6.92 Å². The molecule has 2 nitrogen and oxygen atoms in total. The van der Waals surface area contributed by atoms with Crippen molar-refractivity contribution in [2.75, 3.05) is 0 Å². The van der Waals surface area contributed by atoms with Crippen LogP contribution < -0.4 is 0 Å². The van der Waals surface area contributed by atoms with Gasteiger partial charge in [0, 0.05) is 11.8 Å². The summed E-state index contributed by atoms with van der Waals surface area (Å²) in [4.78, 5) is 11.8. The summed E-state index contributed by atoms with van der Waals surface area (Å²) in [5.41, 5.74) is -3.40. The highest BCUT2D eigenvalue weighted by atomic mass is 19.4. The summed E-state index contributed by atoms with van der Waals surface area (Å²) >= 11 is 0. The van der Waals surface area contributed by atoms with Gasteiger partial charge in [-0.05, 0) is 74.2 Å². The van der Waals surface area contributed by atoms with Crippen molar-refractivity contribution in [2.24, 2.45) is 35.0 Å². The molecule has 28 heavy (non-hydrogen) atoms. The fourth-order valence-electron chi connectivity index (χ4n) is 7.36. The molecular weight excluding hydrogens is 379 g/mol. The normalized spacial score (nSPS) is 46.5. The van der Waals surface area contributed by atoms with Crippen LogP contribution in [0, 0.1) is 35.0 Å². The van der Waals surface area contributed by atoms with Crippen molar-refractivity contribution >= 4 is 5.78 Å². The Morgan fingerprint density at radius 2 is 1.79 bits per heavy atom. The van der Waals surface area contributed by atoms with E-state index in [9.17, 15) is 31.9 Å². The first-order chi connectivity index (χ1) is 12.8. The number of rotatable bonds is 1. The van der Waals surface area contributed by atoms with Crippen molar-refractivity contribution in [1.29, 1.82) is 0 Å². The van der Waals surface area contributed by atoms with Crippen LogP contribution in [-0.2, 0) is 4.79 Å². The Labute approximate surface area is 161 Å². The maximum absolute atomic E-state index is 14.4. The number of alkyl halides is 5. The van der Waals surface area contributed by atoms with Crippen LogP contribution in [0.1, 0.15) is 58.8 Å². The number of carbonyl (C=O) groups excluding carboxylic acids is 1. The van der Waals surface area contributed by atoms with Gasteiger partial charge in [-0.25, -0.2) is 0 Å². The third-order valence-corrected chi connectivity index (χ3v) is 8.67. The molecule has 3 saturated carbocycles. The Balaban J connectivity index is 1.70. The number of allylic oxidation sites excluding steroid dienone is 1. The minimum atomic E-state index is -5.77. The monoisotopic (exact) mass is 406 g/mol. The van der Waals surface area contributed by atoms with Crippen molar-refractivity contribution in [1.82, 2.24) is 0 Å². The van der Waals surface area contributed by atoms with Crippen LogP contribution in [0.2, 0.25) is 0 Å². The van der Waals surface area contributed by atoms with Crippen LogP contribution >= 0.6 is 0 Å². The Kier molecular flexibility index (Phi) is 4.36. The van der Waals surface area contributed by atoms with Gasteiger partial charge < -0.3 is 5.11 Å². The molecule has 0 bridgehead atoms. The van der Waals surface area contributed by atoms with E-state index >= 15 is 0 Å². The predicted octanol–water partition coefficient (Wildman–Crippen LogP) is 5.30. The molecule has 4 aliphatic rings. The van der Waals surface area contributed by atoms with Crippen LogP contribution in [0.3, 0.4) is 0 Å². The molecule has 0 aromatic rings. The molecule has 0 unspecified atom stereocenters. The van der Waals surface area contributed by atoms with E-state index in [-0.39, 0.29) is 48.2 Å². The first-order valence-electron chi connectivity index (χ1n) is 10.2. The fourth-order valence-corrected chi connectivity index (χ4v) is 7.36. The molecule has 4 rings (SSSR count). The molecule has 0 aromatic heterocycles. The molecule has 7 heteroatoms. The first kappa shape index (κ1) is 20.3. The Bertz CT molecular complexity index is 714. The third-order valence-electron chi connectivity index (χ3n) is 8.67. The van der Waals surface area contributed by atoms with Crippen molar-refractivity contribution in [3.8, 4) is 0 Å². The second-order valence-electron chi connectivity index (χ2n) is 9.79. The molecular formula is C21H27F5O2. The number of aliphatic hydroxyl groups is 1. The quantitative estimate of drug-likeness (QED) is 0.600. The van der Waals surface area contributed by atoms with E-state index in [1.165, 1.54) is 6.92 Å². The zero-order valence-corrected chi connectivity index (χ0v) is 16.2. The molecule has 1 N–H and O–H groups in total. The summed E-state index contributed by atoms with van der Waals surface area (Å²) in [7, 11) is 0. The predicted molar refractivity (Wildman–Crippen MR) is 92.6 cm³/mol. The van der Waals surface area contributed by atoms with Crippen LogP contribution in [0.15, 0.2) is 11.6 Å². The van der Waals surface area contributed by atoms with Crippen molar-refractivity contribution in [3.63, 3.8) is 0 Å². The van der Waals surface area contributed by atoms with E-state index in [4.69, 9.17) is 0 Å². The summed E-state index contributed by atoms with van der Waals surface area (Å²) < 4.78 is 68.4. The smallest absolute Gasteiger partial charge is 0.383 e. The molecule has 3 fully saturated rings. The number of fused-ring (bicyclic) bond motifs is 5. The van der Waals surface area contributed by atoms with Gasteiger partial charge in [0.25, 0.3) is 0 Å². The molecule has 0 aliphatic heterocycles. The van der Waals surface area contributed by atoms with Crippen LogP contribution in [0.4, 0.5) is 22.0 Å². The van der Waals surface area contributed by atoms with E-state index in [0.717, 1.165) is 12.0 Å². The van der Waals surface area contributed by atoms with E-state index in [0.29, 0.717) is 19.3 Å². The number of hydrogen-bond acceptors (Lipinski definition) is 2. The highest BCUT2D eigenvalue weighted by Gasteiger charge is 2.79. The first-order valence-corrected chi connectivity index (χ1v) is 10.2. The second-order valence-corrected chi connectivity index (χ2v) is 9.79. The lowest BCUT2D eigenvalue weighted by Crippen LogP contribution is -2.65. The largest absolute Gasteiger partial charge is 0.456 e. The van der Waals surface area contributed by atoms with Gasteiger partial charge in [-0.1, -0.05) is 19.4 Å². The number of halogens is 5. The topological polar surface area (TPSA) is 37.3 Å². The molecule has 0 saturated heterocycles. The van der Waals surface area contributed by atoms with Crippen molar-refractivity contribution in [3.05, 3.63) is 11.6 Å². The standard InChI is InChI=1S/C21H27F5O2/c1-11-9-12-10-13(27)3-4-14(12)15-5-7-18(2)16(17(11)15)6-8-19(18,28)20(22,23)21(24,25)26/h10-11,14-17,28H,3-9H2,1-2H3/t11-,14+,15-,16+,17-,18+,19+/m1/s1. The zero-order valence-electron chi connectivity index (χ0n) is 16.2. The number of hydrogen-bond donors (Lipinski definition) is 1. The van der Waals surface area contributed by atoms with Gasteiger partial charge in [-0.2, -0.15) is 22.0 Å². The highest BCUT2D eigenvalue weighted by molar-refractivity contribution is 5.91. The molecule has 0 heterocycles. The Morgan fingerprint density at radius 3 is 2.43 bits per heavy atom. The summed E-state index contributed by atoms with van der Waals surface area (Å²) in [6.07, 6.45) is -1.78. The van der Waals surface area contributed by atoms with Gasteiger partial charge in [-0.3, -0.25) is 4.79 Å². The molecule has 0 amide bonds. The number of carbonyl (C=O) groups is 1. The SMILES string of the molecule is C[C@@H]1CC2=CC(=O)CC[C@@H]2[C@H]2CC[C@@]3(C)[C@@H](CC[C@@]3(O)C(F)(F)C(F)(F)F)[C@@H]21. The summed E-state index contributed by atoms with van der Waals surface area (Å²) in [6, 6.07) is 0. The van der Waals surface area contributed by atoms with Gasteiger partial charge in [-0.15, -0.1) is 0 Å². The maximum Gasteiger partial charge on any atom is 0.456 e. The van der Waals surface area contributed by atoms with Gasteiger partial charge in [0.1, 0.15) is 5.60 Å². The molecule has 4 aliphatic carbocycles. The average Bonchev–Trinajstić information content (AvgIpc) is 2.86. The zero-order chi connectivity index (χ0) is 20.7. The van der Waals surface area contributed by atoms with Gasteiger partial charge in [0.15, 0.2) is 5.78 Å². The van der Waals surface area contributed by atoms with E-state index < -0.39 is 29.5 Å². The molecule has 7 atom stereocenters. The van der Waals surface area contributed by atoms with Gasteiger partial charge in [0.05, 0.1) is 0 Å². The van der Waals surface area contributed by atoms with Gasteiger partial charge >= 0.3 is 12.1 Å². The minimum Gasteiger partial charge on any atom is -0.383 e. The Hall–Kier alpha value is -0.980. The molecule has 0 aromatic carbocycles. The van der Waals surface area contributed by atoms with Gasteiger partial charge in [0.2, 0.25) is 0 Å². The summed E-state index contributed by atoms with van der Waals surface area (Å²) in [5, 5.41) is 10.8. The van der Waals surface area contributed by atoms with E-state index in [1.54, 1.807) is 6.08 Å². The number of ketones is 1. The lowest BCUT2D eigenvalue weighted by Gasteiger charge is -2.58. The summed E-state index contributed by atoms with van der Waals surface area (Å²) in [6.45, 7) is 3.46. The third kappa shape index (κ3) is 2.43. The van der Waals surface area contributed by atoms with Crippen LogP contribution in [-0.4, -0.2) is 28.6 Å². The molecule has 0 radical (unpaired) electrons. The highest BCUT2D eigenvalue weighted by Crippen LogP contribution is 2.69. The van der Waals surface area contributed by atoms with Crippen molar-refractivity contribution < 1.29 is 31.9 Å². The Morgan fingerprint density at radius 1 is 1.11 bits per heavy atom. The summed E-state index contributed by atoms with van der Waals surface area (Å²) in [5.74, 6) is -4.84. The van der Waals surface area contributed by atoms with Crippen LogP contribution in [0.5, 0.6) is 0 Å². The lowest BCUT2D eigenvalue weighted by molar-refractivity contribution is -0.363. The lowest BCUT2D eigenvalue weighted by atomic mass is 9.48. The maximum atomic E-state index is 14.4. The average molecular weight is 406 g/mol. The second kappa shape index (κ2) is 6.02. The molecule has 0 spiro atoms. The fraction of sp³-hybridized carbons (Fsp3) is 0.857.